The van der Waals surface area contributed by atoms with E-state index in [1.165, 1.54) is 11.8 Å². The standard InChI is InChI=1S/C20H17N3O3.C6H12O/c1-11-3-5-13(6-4-11)18-17(12(2)24)19(25)20(26)23(18)14-7-8-15-16(9-14)22-10-21-15;1-3-4-5-6(2)7/h3-10,18,25H,1-2H3,(H,21,22);3-5H2,1-2H3. The first kappa shape index (κ1) is 23.9. The number of Topliss-reactive ketones (excluding diaryl/α,β-unsaturated/α-hetero) is 2. The zero-order valence-electron chi connectivity index (χ0n) is 19.4. The van der Waals surface area contributed by atoms with Gasteiger partial charge in [-0.25, -0.2) is 4.98 Å². The molecule has 1 aromatic heterocycles. The van der Waals surface area contributed by atoms with Gasteiger partial charge in [0.1, 0.15) is 5.78 Å². The quantitative estimate of drug-likeness (QED) is 0.545. The van der Waals surface area contributed by atoms with Crippen LogP contribution in [-0.2, 0) is 14.4 Å². The van der Waals surface area contributed by atoms with Gasteiger partial charge in [0.25, 0.3) is 5.91 Å². The lowest BCUT2D eigenvalue weighted by atomic mass is 9.95. The molecule has 0 bridgehead atoms. The van der Waals surface area contributed by atoms with Gasteiger partial charge in [-0.15, -0.1) is 0 Å². The Balaban J connectivity index is 0.000000383. The zero-order valence-corrected chi connectivity index (χ0v) is 19.4. The average molecular weight is 448 g/mol. The van der Waals surface area contributed by atoms with E-state index in [1.807, 2.05) is 31.2 Å². The number of hydrogen-bond donors (Lipinski definition) is 2. The summed E-state index contributed by atoms with van der Waals surface area (Å²) in [5.74, 6) is -1.10. The van der Waals surface area contributed by atoms with Gasteiger partial charge in [-0.1, -0.05) is 43.2 Å². The number of unbranched alkanes of at least 4 members (excludes halogenated alkanes) is 1. The molecule has 1 aliphatic heterocycles. The van der Waals surface area contributed by atoms with Crippen molar-refractivity contribution in [1.29, 1.82) is 0 Å². The van der Waals surface area contributed by atoms with Crippen LogP contribution < -0.4 is 4.90 Å². The van der Waals surface area contributed by atoms with Crippen LogP contribution in [0, 0.1) is 6.92 Å². The number of carbonyl (C=O) groups is 3. The van der Waals surface area contributed by atoms with Crippen LogP contribution >= 0.6 is 0 Å². The molecule has 7 nitrogen and oxygen atoms in total. The highest BCUT2D eigenvalue weighted by atomic mass is 16.3. The van der Waals surface area contributed by atoms with Crippen molar-refractivity contribution >= 4 is 34.2 Å². The van der Waals surface area contributed by atoms with Crippen molar-refractivity contribution in [3.63, 3.8) is 0 Å². The Kier molecular flexibility index (Phi) is 7.43. The predicted molar refractivity (Wildman–Crippen MR) is 128 cm³/mol. The van der Waals surface area contributed by atoms with Gasteiger partial charge in [0.05, 0.1) is 29.0 Å². The Labute approximate surface area is 193 Å². The van der Waals surface area contributed by atoms with E-state index < -0.39 is 17.7 Å². The summed E-state index contributed by atoms with van der Waals surface area (Å²) < 4.78 is 0. The van der Waals surface area contributed by atoms with E-state index in [9.17, 15) is 19.5 Å². The molecule has 3 aromatic rings. The fourth-order valence-electron chi connectivity index (χ4n) is 3.79. The van der Waals surface area contributed by atoms with E-state index in [4.69, 9.17) is 0 Å². The normalized spacial score (nSPS) is 15.6. The average Bonchev–Trinajstić information content (AvgIpc) is 3.35. The fourth-order valence-corrected chi connectivity index (χ4v) is 3.79. The van der Waals surface area contributed by atoms with Crippen LogP contribution in [0.25, 0.3) is 11.0 Å². The molecular formula is C26H29N3O4. The Bertz CT molecular complexity index is 1210. The van der Waals surface area contributed by atoms with Gasteiger partial charge in [-0.2, -0.15) is 0 Å². The van der Waals surface area contributed by atoms with Crippen LogP contribution in [0.2, 0.25) is 0 Å². The number of fused-ring (bicyclic) bond motifs is 1. The summed E-state index contributed by atoms with van der Waals surface area (Å²) in [7, 11) is 0. The van der Waals surface area contributed by atoms with E-state index in [0.717, 1.165) is 41.4 Å². The van der Waals surface area contributed by atoms with E-state index in [0.29, 0.717) is 11.5 Å². The number of rotatable bonds is 6. The molecule has 2 aromatic carbocycles. The number of nitrogens with zero attached hydrogens (tertiary/aromatic N) is 2. The minimum Gasteiger partial charge on any atom is -0.503 e. The van der Waals surface area contributed by atoms with Gasteiger partial charge in [-0.05, 0) is 51.0 Å². The Hall–Kier alpha value is -3.74. The lowest BCUT2D eigenvalue weighted by molar-refractivity contribution is -0.117. The first-order chi connectivity index (χ1) is 15.7. The number of aromatic amines is 1. The Morgan fingerprint density at radius 3 is 2.39 bits per heavy atom. The number of hydrogen-bond acceptors (Lipinski definition) is 5. The molecule has 1 atom stereocenters. The number of nitrogens with one attached hydrogen (secondary N) is 1. The number of aromatic nitrogens is 2. The first-order valence-electron chi connectivity index (χ1n) is 11.0. The molecule has 0 saturated carbocycles. The molecule has 2 heterocycles. The zero-order chi connectivity index (χ0) is 24.1. The molecule has 1 aliphatic rings. The molecular weight excluding hydrogens is 418 g/mol. The number of imidazole rings is 1. The summed E-state index contributed by atoms with van der Waals surface area (Å²) in [6.07, 6.45) is 4.51. The first-order valence-corrected chi connectivity index (χ1v) is 11.0. The van der Waals surface area contributed by atoms with Gasteiger partial charge >= 0.3 is 0 Å². The Morgan fingerprint density at radius 1 is 1.12 bits per heavy atom. The van der Waals surface area contributed by atoms with Crippen LogP contribution in [0.5, 0.6) is 0 Å². The number of ketones is 2. The predicted octanol–water partition coefficient (Wildman–Crippen LogP) is 5.13. The van der Waals surface area contributed by atoms with Gasteiger partial charge in [0.15, 0.2) is 11.5 Å². The van der Waals surface area contributed by atoms with Crippen molar-refractivity contribution in [2.24, 2.45) is 0 Å². The molecule has 0 aliphatic carbocycles. The third-order valence-corrected chi connectivity index (χ3v) is 5.54. The topological polar surface area (TPSA) is 103 Å². The summed E-state index contributed by atoms with van der Waals surface area (Å²) in [6.45, 7) is 7.05. The highest BCUT2D eigenvalue weighted by Crippen LogP contribution is 2.41. The summed E-state index contributed by atoms with van der Waals surface area (Å²) in [5, 5.41) is 10.4. The van der Waals surface area contributed by atoms with Crippen LogP contribution in [-0.4, -0.2) is 32.5 Å². The van der Waals surface area contributed by atoms with Gasteiger partial charge < -0.3 is 14.9 Å². The van der Waals surface area contributed by atoms with E-state index in [2.05, 4.69) is 16.9 Å². The molecule has 4 rings (SSSR count). The second-order valence-electron chi connectivity index (χ2n) is 8.22. The maximum atomic E-state index is 12.8. The number of aliphatic hydroxyl groups is 1. The van der Waals surface area contributed by atoms with Crippen molar-refractivity contribution in [2.45, 2.75) is 53.0 Å². The van der Waals surface area contributed by atoms with Crippen molar-refractivity contribution in [2.75, 3.05) is 4.90 Å². The van der Waals surface area contributed by atoms with Crippen LogP contribution in [0.15, 0.2) is 60.1 Å². The summed E-state index contributed by atoms with van der Waals surface area (Å²) in [4.78, 5) is 43.8. The molecule has 0 radical (unpaired) electrons. The highest BCUT2D eigenvalue weighted by Gasteiger charge is 2.43. The van der Waals surface area contributed by atoms with Crippen molar-refractivity contribution < 1.29 is 19.5 Å². The molecule has 2 N–H and O–H groups in total. The molecule has 0 saturated heterocycles. The van der Waals surface area contributed by atoms with Gasteiger partial charge in [0, 0.05) is 12.1 Å². The monoisotopic (exact) mass is 447 g/mol. The second-order valence-corrected chi connectivity index (χ2v) is 8.22. The third kappa shape index (κ3) is 5.19. The molecule has 0 fully saturated rings. The second kappa shape index (κ2) is 10.3. The van der Waals surface area contributed by atoms with E-state index in [-0.39, 0.29) is 11.4 Å². The number of aliphatic hydroxyl groups excluding tert-OH is 1. The molecule has 1 unspecified atom stereocenters. The minimum atomic E-state index is -0.666. The largest absolute Gasteiger partial charge is 0.503 e. The van der Waals surface area contributed by atoms with Gasteiger partial charge in [0.2, 0.25) is 0 Å². The summed E-state index contributed by atoms with van der Waals surface area (Å²) in [5.41, 5.74) is 4.08. The fraction of sp³-hybridized carbons (Fsp3) is 0.308. The van der Waals surface area contributed by atoms with Crippen LogP contribution in [0.3, 0.4) is 0 Å². The lowest BCUT2D eigenvalue weighted by Gasteiger charge is -2.26. The maximum absolute atomic E-state index is 12.8. The molecule has 0 spiro atoms. The lowest BCUT2D eigenvalue weighted by Crippen LogP contribution is -2.30. The number of anilines is 1. The highest BCUT2D eigenvalue weighted by molar-refractivity contribution is 6.16. The smallest absolute Gasteiger partial charge is 0.294 e. The van der Waals surface area contributed by atoms with Crippen LogP contribution in [0.1, 0.15) is 57.2 Å². The van der Waals surface area contributed by atoms with Crippen LogP contribution in [0.4, 0.5) is 5.69 Å². The number of H-pyrrole nitrogens is 1. The minimum absolute atomic E-state index is 0.114. The number of benzene rings is 2. The molecule has 172 valence electrons. The molecule has 1 amide bonds. The van der Waals surface area contributed by atoms with E-state index >= 15 is 0 Å². The summed E-state index contributed by atoms with van der Waals surface area (Å²) in [6, 6.07) is 12.3. The number of amides is 1. The van der Waals surface area contributed by atoms with Crippen molar-refractivity contribution in [3.05, 3.63) is 71.3 Å². The van der Waals surface area contributed by atoms with Gasteiger partial charge in [-0.3, -0.25) is 14.5 Å². The number of carbonyl (C=O) groups excluding carboxylic acids is 3. The molecule has 33 heavy (non-hydrogen) atoms. The van der Waals surface area contributed by atoms with Crippen molar-refractivity contribution in [3.8, 4) is 0 Å². The number of aryl methyl sites for hydroxylation is 1. The van der Waals surface area contributed by atoms with Crippen molar-refractivity contribution in [1.82, 2.24) is 9.97 Å². The Morgan fingerprint density at radius 2 is 1.82 bits per heavy atom. The SMILES string of the molecule is CC(=O)C1=C(O)C(=O)N(c2ccc3nc[nH]c3c2)C1c1ccc(C)cc1.CCCCC(C)=O. The third-order valence-electron chi connectivity index (χ3n) is 5.54. The molecule has 7 heteroatoms. The van der Waals surface area contributed by atoms with E-state index in [1.54, 1.807) is 31.5 Å². The summed E-state index contributed by atoms with van der Waals surface area (Å²) >= 11 is 0. The maximum Gasteiger partial charge on any atom is 0.294 e.